The molecule has 0 amide bonds. The smallest absolute Gasteiger partial charge is 0.120 e. The zero-order valence-corrected chi connectivity index (χ0v) is 11.0. The van der Waals surface area contributed by atoms with E-state index in [9.17, 15) is 4.21 Å². The van der Waals surface area contributed by atoms with Crippen LogP contribution in [-0.2, 0) is 10.8 Å². The van der Waals surface area contributed by atoms with Gasteiger partial charge in [0.15, 0.2) is 0 Å². The molecule has 4 nitrogen and oxygen atoms in total. The molecule has 1 unspecified atom stereocenters. The van der Waals surface area contributed by atoms with Crippen molar-refractivity contribution in [1.82, 2.24) is 10.2 Å². The Labute approximate surface area is 105 Å². The second-order valence-corrected chi connectivity index (χ2v) is 6.08. The van der Waals surface area contributed by atoms with Gasteiger partial charge in [0.2, 0.25) is 0 Å². The number of nitrogens with one attached hydrogen (secondary N) is 1. The van der Waals surface area contributed by atoms with Crippen LogP contribution < -0.4 is 5.32 Å². The molecule has 17 heavy (non-hydrogen) atoms. The molecule has 0 aliphatic carbocycles. The molecule has 2 heterocycles. The highest BCUT2D eigenvalue weighted by Gasteiger charge is 2.15. The number of hydrogen-bond acceptors (Lipinski definition) is 4. The van der Waals surface area contributed by atoms with E-state index in [4.69, 9.17) is 4.42 Å². The predicted octanol–water partition coefficient (Wildman–Crippen LogP) is 0.994. The second kappa shape index (κ2) is 6.33. The van der Waals surface area contributed by atoms with Crippen molar-refractivity contribution in [2.75, 3.05) is 37.7 Å². The molecule has 0 radical (unpaired) electrons. The molecule has 1 aliphatic rings. The maximum absolute atomic E-state index is 11.2. The lowest BCUT2D eigenvalue weighted by atomic mass is 10.2. The monoisotopic (exact) mass is 256 g/mol. The molecule has 1 saturated heterocycles. The van der Waals surface area contributed by atoms with E-state index in [0.717, 1.165) is 43.4 Å². The highest BCUT2D eigenvalue weighted by Crippen LogP contribution is 2.11. The molecule has 1 N–H and O–H groups in total. The van der Waals surface area contributed by atoms with Gasteiger partial charge in [0.1, 0.15) is 5.76 Å². The van der Waals surface area contributed by atoms with Crippen LogP contribution in [0.15, 0.2) is 22.8 Å². The lowest BCUT2D eigenvalue weighted by molar-refractivity contribution is 0.290. The number of rotatable bonds is 5. The second-order valence-electron chi connectivity index (χ2n) is 4.38. The van der Waals surface area contributed by atoms with E-state index in [1.165, 1.54) is 0 Å². The fraction of sp³-hybridized carbons (Fsp3) is 0.667. The number of hydrogen-bond donors (Lipinski definition) is 1. The zero-order chi connectivity index (χ0) is 12.1. The highest BCUT2D eigenvalue weighted by molar-refractivity contribution is 7.85. The lowest BCUT2D eigenvalue weighted by Crippen LogP contribution is -2.41. The predicted molar refractivity (Wildman–Crippen MR) is 69.4 cm³/mol. The van der Waals surface area contributed by atoms with Crippen molar-refractivity contribution in [2.24, 2.45) is 0 Å². The van der Waals surface area contributed by atoms with Gasteiger partial charge in [0.05, 0.1) is 12.3 Å². The van der Waals surface area contributed by atoms with E-state index in [2.05, 4.69) is 17.1 Å². The van der Waals surface area contributed by atoms with Gasteiger partial charge in [0, 0.05) is 48.5 Å². The van der Waals surface area contributed by atoms with Gasteiger partial charge in [0.25, 0.3) is 0 Å². The van der Waals surface area contributed by atoms with Gasteiger partial charge in [-0.2, -0.15) is 0 Å². The van der Waals surface area contributed by atoms with Gasteiger partial charge in [-0.15, -0.1) is 0 Å². The van der Waals surface area contributed by atoms with Crippen LogP contribution in [-0.4, -0.2) is 46.8 Å². The van der Waals surface area contributed by atoms with Crippen molar-refractivity contribution >= 4 is 10.8 Å². The lowest BCUT2D eigenvalue weighted by Gasteiger charge is -2.26. The molecule has 1 aromatic rings. The van der Waals surface area contributed by atoms with Gasteiger partial charge in [-0.05, 0) is 19.1 Å². The summed E-state index contributed by atoms with van der Waals surface area (Å²) in [7, 11) is -0.577. The molecule has 1 aromatic heterocycles. The number of nitrogens with zero attached hydrogens (tertiary/aromatic N) is 1. The van der Waals surface area contributed by atoms with E-state index in [0.29, 0.717) is 0 Å². The third-order valence-corrected chi connectivity index (χ3v) is 4.39. The Morgan fingerprint density at radius 1 is 1.53 bits per heavy atom. The molecule has 0 spiro atoms. The van der Waals surface area contributed by atoms with Gasteiger partial charge >= 0.3 is 0 Å². The maximum atomic E-state index is 11.2. The van der Waals surface area contributed by atoms with Crippen molar-refractivity contribution < 1.29 is 8.63 Å². The molecule has 1 fully saturated rings. The third-order valence-electron chi connectivity index (χ3n) is 3.12. The van der Waals surface area contributed by atoms with Gasteiger partial charge < -0.3 is 14.6 Å². The summed E-state index contributed by atoms with van der Waals surface area (Å²) in [6.45, 7) is 5.98. The van der Waals surface area contributed by atoms with Crippen molar-refractivity contribution in [3.05, 3.63) is 24.2 Å². The molecular weight excluding hydrogens is 236 g/mol. The summed E-state index contributed by atoms with van der Waals surface area (Å²) >= 11 is 0. The Kier molecular flexibility index (Phi) is 4.76. The van der Waals surface area contributed by atoms with E-state index < -0.39 is 10.8 Å². The molecule has 96 valence electrons. The fourth-order valence-electron chi connectivity index (χ4n) is 1.98. The average Bonchev–Trinajstić information content (AvgIpc) is 2.85. The van der Waals surface area contributed by atoms with E-state index in [-0.39, 0.29) is 6.04 Å². The fourth-order valence-corrected chi connectivity index (χ4v) is 3.10. The summed E-state index contributed by atoms with van der Waals surface area (Å²) in [6, 6.07) is 4.15. The summed E-state index contributed by atoms with van der Waals surface area (Å²) in [4.78, 5) is 2.36. The van der Waals surface area contributed by atoms with Crippen LogP contribution in [0.5, 0.6) is 0 Å². The normalized spacial score (nSPS) is 20.5. The Balaban J connectivity index is 1.64. The third kappa shape index (κ3) is 3.94. The van der Waals surface area contributed by atoms with Crippen molar-refractivity contribution in [1.29, 1.82) is 0 Å². The molecule has 1 atom stereocenters. The first kappa shape index (κ1) is 12.8. The van der Waals surface area contributed by atoms with Crippen LogP contribution in [0.1, 0.15) is 18.7 Å². The van der Waals surface area contributed by atoms with Crippen LogP contribution in [0.3, 0.4) is 0 Å². The first-order valence-electron chi connectivity index (χ1n) is 6.10. The zero-order valence-electron chi connectivity index (χ0n) is 10.2. The Hall–Kier alpha value is -0.650. The SMILES string of the molecule is CC(NCCN1CCS(=O)CC1)c1ccco1. The van der Waals surface area contributed by atoms with E-state index >= 15 is 0 Å². The van der Waals surface area contributed by atoms with Crippen LogP contribution in [0, 0.1) is 0 Å². The van der Waals surface area contributed by atoms with E-state index in [1.54, 1.807) is 6.26 Å². The first-order valence-corrected chi connectivity index (χ1v) is 7.58. The van der Waals surface area contributed by atoms with Gasteiger partial charge in [-0.1, -0.05) is 0 Å². The van der Waals surface area contributed by atoms with Crippen LogP contribution in [0.2, 0.25) is 0 Å². The maximum Gasteiger partial charge on any atom is 0.120 e. The summed E-state index contributed by atoms with van der Waals surface area (Å²) < 4.78 is 16.5. The average molecular weight is 256 g/mol. The molecule has 0 bridgehead atoms. The quantitative estimate of drug-likeness (QED) is 0.853. The van der Waals surface area contributed by atoms with Crippen LogP contribution >= 0.6 is 0 Å². The molecule has 5 heteroatoms. The Morgan fingerprint density at radius 3 is 2.94 bits per heavy atom. The van der Waals surface area contributed by atoms with Crippen molar-refractivity contribution in [3.63, 3.8) is 0 Å². The van der Waals surface area contributed by atoms with Crippen molar-refractivity contribution in [2.45, 2.75) is 13.0 Å². The highest BCUT2D eigenvalue weighted by atomic mass is 32.2. The standard InChI is InChI=1S/C12H20N2O2S/c1-11(12-3-2-8-16-12)13-4-5-14-6-9-17(15)10-7-14/h2-3,8,11,13H,4-7,9-10H2,1H3. The van der Waals surface area contributed by atoms with Gasteiger partial charge in [-0.25, -0.2) is 0 Å². The molecule has 0 aromatic carbocycles. The summed E-state index contributed by atoms with van der Waals surface area (Å²) in [5, 5.41) is 3.43. The summed E-state index contributed by atoms with van der Waals surface area (Å²) in [5.74, 6) is 2.63. The minimum Gasteiger partial charge on any atom is -0.468 e. The molecule has 0 saturated carbocycles. The van der Waals surface area contributed by atoms with Gasteiger partial charge in [-0.3, -0.25) is 4.21 Å². The van der Waals surface area contributed by atoms with Crippen LogP contribution in [0.25, 0.3) is 0 Å². The molecular formula is C12H20N2O2S. The Morgan fingerprint density at radius 2 is 2.29 bits per heavy atom. The topological polar surface area (TPSA) is 45.5 Å². The molecule has 2 rings (SSSR count). The Bertz CT molecular complexity index is 343. The summed E-state index contributed by atoms with van der Waals surface area (Å²) in [6.07, 6.45) is 1.70. The largest absolute Gasteiger partial charge is 0.468 e. The summed E-state index contributed by atoms with van der Waals surface area (Å²) in [5.41, 5.74) is 0. The minimum absolute atomic E-state index is 0.254. The first-order chi connectivity index (χ1) is 8.25. The number of furan rings is 1. The van der Waals surface area contributed by atoms with Crippen LogP contribution in [0.4, 0.5) is 0 Å². The molecule has 1 aliphatic heterocycles. The minimum atomic E-state index is -0.577. The van der Waals surface area contributed by atoms with E-state index in [1.807, 2.05) is 12.1 Å². The van der Waals surface area contributed by atoms with Crippen molar-refractivity contribution in [3.8, 4) is 0 Å².